The van der Waals surface area contributed by atoms with Crippen molar-refractivity contribution in [3.8, 4) is 0 Å². The minimum absolute atomic E-state index is 0.262. The number of amidine groups is 1. The number of aliphatic imine (C=N–C) groups is 1. The van der Waals surface area contributed by atoms with Crippen LogP contribution in [-0.2, 0) is 13.0 Å². The van der Waals surface area contributed by atoms with Crippen molar-refractivity contribution in [1.82, 2.24) is 5.32 Å². The van der Waals surface area contributed by atoms with Gasteiger partial charge in [0, 0.05) is 30.2 Å². The lowest BCUT2D eigenvalue weighted by Crippen LogP contribution is -2.43. The summed E-state index contributed by atoms with van der Waals surface area (Å²) in [6.45, 7) is 2.68. The molecule has 0 spiro atoms. The summed E-state index contributed by atoms with van der Waals surface area (Å²) < 4.78 is 0. The van der Waals surface area contributed by atoms with Crippen molar-refractivity contribution in [2.75, 3.05) is 18.0 Å². The van der Waals surface area contributed by atoms with E-state index in [0.717, 1.165) is 36.9 Å². The summed E-state index contributed by atoms with van der Waals surface area (Å²) in [5, 5.41) is 4.29. The van der Waals surface area contributed by atoms with E-state index in [-0.39, 0.29) is 6.04 Å². The lowest BCUT2D eigenvalue weighted by atomic mass is 10.1. The van der Waals surface area contributed by atoms with E-state index >= 15 is 0 Å². The van der Waals surface area contributed by atoms with Crippen LogP contribution in [0.2, 0.25) is 5.02 Å². The number of fused-ring (bicyclic) bond motifs is 1. The van der Waals surface area contributed by atoms with E-state index in [1.807, 2.05) is 12.1 Å². The molecule has 0 saturated carbocycles. The van der Waals surface area contributed by atoms with Crippen LogP contribution >= 0.6 is 11.6 Å². The van der Waals surface area contributed by atoms with Crippen LogP contribution in [0.5, 0.6) is 0 Å². The van der Waals surface area contributed by atoms with Crippen LogP contribution in [0, 0.1) is 0 Å². The van der Waals surface area contributed by atoms with Crippen molar-refractivity contribution in [3.05, 3.63) is 64.7 Å². The van der Waals surface area contributed by atoms with Gasteiger partial charge in [-0.25, -0.2) is 0 Å². The number of nitrogens with zero attached hydrogens (tertiary/aromatic N) is 2. The van der Waals surface area contributed by atoms with Gasteiger partial charge in [0.05, 0.1) is 12.6 Å². The predicted molar refractivity (Wildman–Crippen MR) is 91.9 cm³/mol. The normalized spacial score (nSPS) is 19.8. The Morgan fingerprint density at radius 2 is 2.00 bits per heavy atom. The molecule has 4 rings (SSSR count). The number of nitrogens with one attached hydrogen (secondary N) is 1. The highest BCUT2D eigenvalue weighted by atomic mass is 35.5. The standard InChI is InChI=1S/C18H18ClN3/c19-15-7-4-8-16-14(15)11-17(18-20-9-10-21-18)22(16)12-13-5-2-1-3-6-13/h1-8,17H,9-12H2,(H,20,21). The number of halogens is 1. The van der Waals surface area contributed by atoms with Crippen molar-refractivity contribution in [3.63, 3.8) is 0 Å². The van der Waals surface area contributed by atoms with E-state index in [1.54, 1.807) is 0 Å². The summed E-state index contributed by atoms with van der Waals surface area (Å²) in [6, 6.07) is 17.0. The van der Waals surface area contributed by atoms with E-state index in [9.17, 15) is 0 Å². The van der Waals surface area contributed by atoms with Crippen molar-refractivity contribution < 1.29 is 0 Å². The van der Waals surface area contributed by atoms with Gasteiger partial charge in [-0.15, -0.1) is 0 Å². The molecule has 4 heteroatoms. The summed E-state index contributed by atoms with van der Waals surface area (Å²) in [7, 11) is 0. The van der Waals surface area contributed by atoms with E-state index in [2.05, 4.69) is 51.6 Å². The maximum Gasteiger partial charge on any atom is 0.120 e. The zero-order valence-corrected chi connectivity index (χ0v) is 13.1. The summed E-state index contributed by atoms with van der Waals surface area (Å²) in [6.07, 6.45) is 0.924. The molecule has 0 radical (unpaired) electrons. The fourth-order valence-electron chi connectivity index (χ4n) is 3.35. The third-order valence-electron chi connectivity index (χ3n) is 4.39. The zero-order chi connectivity index (χ0) is 14.9. The monoisotopic (exact) mass is 311 g/mol. The molecular formula is C18H18ClN3. The maximum absolute atomic E-state index is 6.42. The third-order valence-corrected chi connectivity index (χ3v) is 4.74. The Balaban J connectivity index is 1.72. The molecule has 22 heavy (non-hydrogen) atoms. The molecule has 2 aliphatic rings. The molecule has 1 atom stereocenters. The number of hydrogen-bond acceptors (Lipinski definition) is 3. The summed E-state index contributed by atoms with van der Waals surface area (Å²) >= 11 is 6.42. The van der Waals surface area contributed by atoms with Gasteiger partial charge in [-0.3, -0.25) is 4.99 Å². The average molecular weight is 312 g/mol. The summed E-state index contributed by atoms with van der Waals surface area (Å²) in [5.74, 6) is 1.10. The van der Waals surface area contributed by atoms with Gasteiger partial charge in [0.25, 0.3) is 0 Å². The topological polar surface area (TPSA) is 27.6 Å². The van der Waals surface area contributed by atoms with Crippen LogP contribution in [0.25, 0.3) is 0 Å². The molecule has 0 bridgehead atoms. The molecule has 0 aromatic heterocycles. The molecule has 0 saturated heterocycles. The first-order chi connectivity index (χ1) is 10.8. The average Bonchev–Trinajstić information content (AvgIpc) is 3.17. The second-order valence-electron chi connectivity index (χ2n) is 5.76. The first-order valence-corrected chi connectivity index (χ1v) is 8.07. The molecule has 0 aliphatic carbocycles. The van der Waals surface area contributed by atoms with Crippen molar-refractivity contribution >= 4 is 23.1 Å². The largest absolute Gasteiger partial charge is 0.370 e. The fraction of sp³-hybridized carbons (Fsp3) is 0.278. The first kappa shape index (κ1) is 13.6. The fourth-order valence-corrected chi connectivity index (χ4v) is 3.60. The molecule has 1 N–H and O–H groups in total. The maximum atomic E-state index is 6.42. The Kier molecular flexibility index (Phi) is 3.51. The van der Waals surface area contributed by atoms with Gasteiger partial charge in [0.15, 0.2) is 0 Å². The predicted octanol–water partition coefficient (Wildman–Crippen LogP) is 3.27. The highest BCUT2D eigenvalue weighted by Gasteiger charge is 2.34. The zero-order valence-electron chi connectivity index (χ0n) is 12.3. The van der Waals surface area contributed by atoms with Crippen LogP contribution in [0.15, 0.2) is 53.5 Å². The van der Waals surface area contributed by atoms with Gasteiger partial charge in [0.1, 0.15) is 5.84 Å². The van der Waals surface area contributed by atoms with Crippen molar-refractivity contribution in [2.45, 2.75) is 19.0 Å². The number of benzene rings is 2. The summed E-state index contributed by atoms with van der Waals surface area (Å²) in [4.78, 5) is 7.07. The van der Waals surface area contributed by atoms with Gasteiger partial charge < -0.3 is 10.2 Å². The second-order valence-corrected chi connectivity index (χ2v) is 6.17. The van der Waals surface area contributed by atoms with Crippen LogP contribution in [-0.4, -0.2) is 25.0 Å². The Bertz CT molecular complexity index is 712. The van der Waals surface area contributed by atoms with E-state index in [4.69, 9.17) is 11.6 Å². The van der Waals surface area contributed by atoms with Crippen LogP contribution in [0.4, 0.5) is 5.69 Å². The number of anilines is 1. The molecule has 0 fully saturated rings. The lowest BCUT2D eigenvalue weighted by Gasteiger charge is -2.28. The molecule has 2 aliphatic heterocycles. The first-order valence-electron chi connectivity index (χ1n) is 7.69. The van der Waals surface area contributed by atoms with E-state index in [0.29, 0.717) is 0 Å². The third kappa shape index (κ3) is 2.35. The van der Waals surface area contributed by atoms with Gasteiger partial charge in [-0.1, -0.05) is 48.0 Å². The molecule has 0 amide bonds. The van der Waals surface area contributed by atoms with Gasteiger partial charge in [-0.2, -0.15) is 0 Å². The quantitative estimate of drug-likeness (QED) is 0.942. The molecule has 2 heterocycles. The molecule has 3 nitrogen and oxygen atoms in total. The van der Waals surface area contributed by atoms with Gasteiger partial charge in [-0.05, 0) is 23.3 Å². The Hall–Kier alpha value is -2.00. The second kappa shape index (κ2) is 5.65. The number of rotatable bonds is 3. The molecular weight excluding hydrogens is 294 g/mol. The molecule has 112 valence electrons. The Morgan fingerprint density at radius 1 is 1.14 bits per heavy atom. The minimum atomic E-state index is 0.262. The van der Waals surface area contributed by atoms with E-state index in [1.165, 1.54) is 16.8 Å². The highest BCUT2D eigenvalue weighted by molar-refractivity contribution is 6.32. The van der Waals surface area contributed by atoms with Gasteiger partial charge in [0.2, 0.25) is 0 Å². The SMILES string of the molecule is Clc1cccc2c1CC(C1=NCCN1)N2Cc1ccccc1. The van der Waals surface area contributed by atoms with Crippen molar-refractivity contribution in [1.29, 1.82) is 0 Å². The summed E-state index contributed by atoms with van der Waals surface area (Å²) in [5.41, 5.74) is 3.78. The number of hydrogen-bond donors (Lipinski definition) is 1. The van der Waals surface area contributed by atoms with Crippen LogP contribution < -0.4 is 10.2 Å². The van der Waals surface area contributed by atoms with Crippen LogP contribution in [0.3, 0.4) is 0 Å². The smallest absolute Gasteiger partial charge is 0.120 e. The minimum Gasteiger partial charge on any atom is -0.370 e. The van der Waals surface area contributed by atoms with E-state index < -0.39 is 0 Å². The van der Waals surface area contributed by atoms with Gasteiger partial charge >= 0.3 is 0 Å². The highest BCUT2D eigenvalue weighted by Crippen LogP contribution is 2.38. The van der Waals surface area contributed by atoms with Crippen molar-refractivity contribution in [2.24, 2.45) is 4.99 Å². The molecule has 2 aromatic carbocycles. The Labute approximate surface area is 135 Å². The van der Waals surface area contributed by atoms with Crippen LogP contribution in [0.1, 0.15) is 11.1 Å². The Morgan fingerprint density at radius 3 is 2.77 bits per heavy atom. The molecule has 2 aromatic rings. The lowest BCUT2D eigenvalue weighted by molar-refractivity contribution is 0.739. The molecule has 1 unspecified atom stereocenters.